The molecule has 0 fully saturated rings. The number of ether oxygens (including phenoxy) is 1. The fourth-order valence-corrected chi connectivity index (χ4v) is 3.43. The first kappa shape index (κ1) is 22.7. The first-order valence-corrected chi connectivity index (χ1v) is 11.1. The molecule has 2 aromatic rings. The van der Waals surface area contributed by atoms with Crippen LogP contribution < -0.4 is 20.1 Å². The summed E-state index contributed by atoms with van der Waals surface area (Å²) in [6, 6.07) is 15.4. The molecule has 0 aliphatic heterocycles. The van der Waals surface area contributed by atoms with Crippen molar-refractivity contribution < 1.29 is 13.2 Å². The van der Waals surface area contributed by atoms with Gasteiger partial charge in [-0.3, -0.25) is 4.99 Å². The Balaban J connectivity index is 1.79. The van der Waals surface area contributed by atoms with Crippen LogP contribution >= 0.6 is 0 Å². The molecule has 0 saturated carbocycles. The van der Waals surface area contributed by atoms with Gasteiger partial charge < -0.3 is 15.4 Å². The summed E-state index contributed by atoms with van der Waals surface area (Å²) < 4.78 is 31.5. The first-order valence-electron chi connectivity index (χ1n) is 9.48. The van der Waals surface area contributed by atoms with Crippen molar-refractivity contribution in [2.75, 3.05) is 20.6 Å². The third-order valence-corrected chi connectivity index (χ3v) is 5.59. The van der Waals surface area contributed by atoms with E-state index >= 15 is 0 Å². The number of rotatable bonds is 9. The van der Waals surface area contributed by atoms with E-state index in [4.69, 9.17) is 4.74 Å². The topological polar surface area (TPSA) is 91.8 Å². The molecule has 7 nitrogen and oxygen atoms in total. The smallest absolute Gasteiger partial charge is 0.215 e. The summed E-state index contributed by atoms with van der Waals surface area (Å²) in [5.41, 5.74) is 2.94. The van der Waals surface area contributed by atoms with E-state index in [0.717, 1.165) is 22.4 Å². The molecule has 0 radical (unpaired) electrons. The second kappa shape index (κ2) is 10.8. The van der Waals surface area contributed by atoms with Gasteiger partial charge in [0.1, 0.15) is 11.9 Å². The predicted molar refractivity (Wildman–Crippen MR) is 118 cm³/mol. The summed E-state index contributed by atoms with van der Waals surface area (Å²) in [4.78, 5) is 4.22. The second-order valence-electron chi connectivity index (χ2n) is 6.83. The number of aliphatic imine (C=N–C) groups is 1. The van der Waals surface area contributed by atoms with Crippen LogP contribution in [0.25, 0.3) is 0 Å². The van der Waals surface area contributed by atoms with Crippen molar-refractivity contribution in [3.8, 4) is 5.75 Å². The molecule has 2 rings (SSSR count). The van der Waals surface area contributed by atoms with E-state index < -0.39 is 10.0 Å². The Morgan fingerprint density at radius 1 is 1.10 bits per heavy atom. The van der Waals surface area contributed by atoms with Gasteiger partial charge in [-0.25, -0.2) is 13.1 Å². The average molecular weight is 419 g/mol. The van der Waals surface area contributed by atoms with Crippen LogP contribution in [0.1, 0.15) is 23.6 Å². The molecule has 2 aromatic carbocycles. The van der Waals surface area contributed by atoms with Crippen molar-refractivity contribution in [3.63, 3.8) is 0 Å². The lowest BCUT2D eigenvalue weighted by Gasteiger charge is -2.18. The van der Waals surface area contributed by atoms with Gasteiger partial charge in [-0.2, -0.15) is 0 Å². The molecule has 1 unspecified atom stereocenters. The zero-order valence-electron chi connectivity index (χ0n) is 17.4. The molecule has 3 N–H and O–H groups in total. The molecule has 0 bridgehead atoms. The molecular weight excluding hydrogens is 388 g/mol. The molecule has 29 heavy (non-hydrogen) atoms. The fourth-order valence-electron chi connectivity index (χ4n) is 2.65. The van der Waals surface area contributed by atoms with Crippen LogP contribution in [0.5, 0.6) is 5.75 Å². The van der Waals surface area contributed by atoms with Crippen molar-refractivity contribution in [3.05, 3.63) is 65.2 Å². The Bertz CT molecular complexity index is 912. The average Bonchev–Trinajstić information content (AvgIpc) is 2.69. The number of nitrogens with zero attached hydrogens (tertiary/aromatic N) is 1. The van der Waals surface area contributed by atoms with E-state index in [9.17, 15) is 8.42 Å². The monoisotopic (exact) mass is 418 g/mol. The van der Waals surface area contributed by atoms with Gasteiger partial charge in [-0.15, -0.1) is 0 Å². The molecule has 1 atom stereocenters. The maximum absolute atomic E-state index is 11.6. The van der Waals surface area contributed by atoms with E-state index in [1.807, 2.05) is 62.4 Å². The van der Waals surface area contributed by atoms with Crippen LogP contribution in [0.2, 0.25) is 0 Å². The maximum atomic E-state index is 11.6. The Morgan fingerprint density at radius 2 is 1.79 bits per heavy atom. The quantitative estimate of drug-likeness (QED) is 0.429. The lowest BCUT2D eigenvalue weighted by Crippen LogP contribution is -2.41. The highest BCUT2D eigenvalue weighted by Crippen LogP contribution is 2.14. The molecular formula is C21H30N4O3S. The van der Waals surface area contributed by atoms with Gasteiger partial charge in [0, 0.05) is 13.6 Å². The van der Waals surface area contributed by atoms with Gasteiger partial charge in [0.25, 0.3) is 0 Å². The maximum Gasteiger partial charge on any atom is 0.215 e. The number of aryl methyl sites for hydroxylation is 1. The summed E-state index contributed by atoms with van der Waals surface area (Å²) >= 11 is 0. The van der Waals surface area contributed by atoms with E-state index in [2.05, 4.69) is 20.3 Å². The van der Waals surface area contributed by atoms with E-state index in [-0.39, 0.29) is 11.9 Å². The van der Waals surface area contributed by atoms with Crippen molar-refractivity contribution in [2.45, 2.75) is 32.2 Å². The van der Waals surface area contributed by atoms with Gasteiger partial charge >= 0.3 is 0 Å². The lowest BCUT2D eigenvalue weighted by molar-refractivity contribution is 0.223. The third-order valence-electron chi connectivity index (χ3n) is 4.26. The Morgan fingerprint density at radius 3 is 2.41 bits per heavy atom. The molecule has 158 valence electrons. The zero-order chi connectivity index (χ0) is 21.3. The Kier molecular flexibility index (Phi) is 8.48. The highest BCUT2D eigenvalue weighted by atomic mass is 32.2. The second-order valence-corrected chi connectivity index (χ2v) is 8.76. The Labute approximate surface area is 173 Å². The minimum Gasteiger partial charge on any atom is -0.489 e. The molecule has 0 amide bonds. The largest absolute Gasteiger partial charge is 0.489 e. The molecule has 0 spiro atoms. The summed E-state index contributed by atoms with van der Waals surface area (Å²) in [6.45, 7) is 5.22. The van der Waals surface area contributed by atoms with Gasteiger partial charge in [-0.1, -0.05) is 36.4 Å². The summed E-state index contributed by atoms with van der Waals surface area (Å²) in [5, 5.41) is 6.50. The van der Waals surface area contributed by atoms with Crippen LogP contribution in [0.15, 0.2) is 53.5 Å². The fraction of sp³-hybridized carbons (Fsp3) is 0.381. The number of hydrogen-bond donors (Lipinski definition) is 3. The van der Waals surface area contributed by atoms with Crippen molar-refractivity contribution in [1.29, 1.82) is 0 Å². The molecule has 8 heteroatoms. The molecule has 0 aromatic heterocycles. The first-order chi connectivity index (χ1) is 13.8. The molecule has 0 aliphatic carbocycles. The normalized spacial score (nSPS) is 13.0. The van der Waals surface area contributed by atoms with Crippen molar-refractivity contribution >= 4 is 16.0 Å². The number of nitrogens with one attached hydrogen (secondary N) is 3. The highest BCUT2D eigenvalue weighted by Gasteiger charge is 2.09. The highest BCUT2D eigenvalue weighted by molar-refractivity contribution is 7.88. The molecule has 0 heterocycles. The molecule has 0 aliphatic rings. The Hall–Kier alpha value is -2.58. The van der Waals surface area contributed by atoms with Crippen molar-refractivity contribution in [1.82, 2.24) is 15.4 Å². The van der Waals surface area contributed by atoms with Crippen LogP contribution in [-0.2, 0) is 22.3 Å². The minimum atomic E-state index is -3.26. The van der Waals surface area contributed by atoms with Crippen LogP contribution in [0.4, 0.5) is 0 Å². The van der Waals surface area contributed by atoms with Crippen LogP contribution in [0.3, 0.4) is 0 Å². The summed E-state index contributed by atoms with van der Waals surface area (Å²) in [6.07, 6.45) is -0.0243. The third kappa shape index (κ3) is 8.13. The number of sulfonamides is 1. The summed E-state index contributed by atoms with van der Waals surface area (Å²) in [7, 11) is -0.131. The number of guanidine groups is 1. The van der Waals surface area contributed by atoms with Gasteiger partial charge in [0.15, 0.2) is 5.96 Å². The van der Waals surface area contributed by atoms with E-state index in [0.29, 0.717) is 19.0 Å². The van der Waals surface area contributed by atoms with Crippen LogP contribution in [-0.4, -0.2) is 41.1 Å². The standard InChI is InChI=1S/C21H30N4O3S/c1-16-6-5-7-20(12-16)28-17(2)13-24-21(22-3)25-14-18-8-10-19(11-9-18)15-29(26,27)23-4/h5-12,17,23H,13-15H2,1-4H3,(H2,22,24,25). The van der Waals surface area contributed by atoms with E-state index in [1.54, 1.807) is 7.05 Å². The zero-order valence-corrected chi connectivity index (χ0v) is 18.2. The number of hydrogen-bond acceptors (Lipinski definition) is 4. The van der Waals surface area contributed by atoms with Gasteiger partial charge in [-0.05, 0) is 49.7 Å². The SMILES string of the molecule is CN=C(NCc1ccc(CS(=O)(=O)NC)cc1)NCC(C)Oc1cccc(C)c1. The van der Waals surface area contributed by atoms with E-state index in [1.165, 1.54) is 7.05 Å². The summed E-state index contributed by atoms with van der Waals surface area (Å²) in [5.74, 6) is 1.49. The minimum absolute atomic E-state index is 0.0243. The molecule has 0 saturated heterocycles. The van der Waals surface area contributed by atoms with Crippen molar-refractivity contribution in [2.24, 2.45) is 4.99 Å². The lowest BCUT2D eigenvalue weighted by atomic mass is 10.1. The van der Waals surface area contributed by atoms with Gasteiger partial charge in [0.2, 0.25) is 10.0 Å². The van der Waals surface area contributed by atoms with Gasteiger partial charge in [0.05, 0.1) is 12.3 Å². The predicted octanol–water partition coefficient (Wildman–Crippen LogP) is 2.18. The number of benzene rings is 2. The van der Waals surface area contributed by atoms with Crippen LogP contribution in [0, 0.1) is 6.92 Å².